The van der Waals surface area contributed by atoms with Crippen molar-refractivity contribution in [3.05, 3.63) is 57.3 Å². The Morgan fingerprint density at radius 2 is 2.12 bits per heavy atom. The zero-order chi connectivity index (χ0) is 18.1. The third kappa shape index (κ3) is 3.83. The van der Waals surface area contributed by atoms with Crippen molar-refractivity contribution in [2.24, 2.45) is 0 Å². The zero-order valence-corrected chi connectivity index (χ0v) is 15.9. The van der Waals surface area contributed by atoms with Crippen LogP contribution in [-0.4, -0.2) is 22.2 Å². The largest absolute Gasteiger partial charge is 0.481 e. The van der Waals surface area contributed by atoms with E-state index in [0.29, 0.717) is 25.6 Å². The lowest BCUT2D eigenvalue weighted by molar-refractivity contribution is -0.138. The van der Waals surface area contributed by atoms with Crippen molar-refractivity contribution >= 4 is 56.9 Å². The predicted octanol–water partition coefficient (Wildman–Crippen LogP) is 4.72. The Morgan fingerprint density at radius 3 is 2.80 bits per heavy atom. The van der Waals surface area contributed by atoms with Crippen LogP contribution < -0.4 is 4.90 Å². The molecule has 1 unspecified atom stereocenters. The number of anilines is 1. The molecule has 2 aromatic rings. The van der Waals surface area contributed by atoms with Gasteiger partial charge in [0.25, 0.3) is 0 Å². The minimum Gasteiger partial charge on any atom is -0.481 e. The molecule has 1 atom stereocenters. The van der Waals surface area contributed by atoms with Crippen LogP contribution in [0.3, 0.4) is 0 Å². The molecule has 1 heterocycles. The van der Waals surface area contributed by atoms with E-state index in [2.05, 4.69) is 15.9 Å². The van der Waals surface area contributed by atoms with Crippen LogP contribution in [0.2, 0.25) is 5.02 Å². The number of hydrogen-bond donors (Lipinski definition) is 1. The first-order valence-electron chi connectivity index (χ1n) is 7.29. The second-order valence-electron chi connectivity index (χ2n) is 5.45. The summed E-state index contributed by atoms with van der Waals surface area (Å²) >= 11 is 10.6. The van der Waals surface area contributed by atoms with Crippen LogP contribution in [0.25, 0.3) is 0 Å². The molecule has 0 radical (unpaired) electrons. The van der Waals surface area contributed by atoms with E-state index in [1.54, 1.807) is 30.3 Å². The first kappa shape index (κ1) is 18.2. The molecule has 2 aromatic carbocycles. The number of aliphatic carboxylic acids is 1. The zero-order valence-electron chi connectivity index (χ0n) is 12.7. The molecule has 1 amide bonds. The number of carbonyl (C=O) groups excluding carboxylic acids is 1. The highest BCUT2D eigenvalue weighted by molar-refractivity contribution is 9.10. The number of halogens is 3. The quantitative estimate of drug-likeness (QED) is 0.741. The first-order chi connectivity index (χ1) is 11.9. The van der Waals surface area contributed by atoms with Crippen LogP contribution in [-0.2, 0) is 16.1 Å². The van der Waals surface area contributed by atoms with Crippen LogP contribution in [0.15, 0.2) is 45.8 Å². The Morgan fingerprint density at radius 1 is 1.36 bits per heavy atom. The number of benzene rings is 2. The van der Waals surface area contributed by atoms with Gasteiger partial charge in [0.1, 0.15) is 5.82 Å². The van der Waals surface area contributed by atoms with Crippen LogP contribution >= 0.6 is 39.3 Å². The Labute approximate surface area is 161 Å². The fraction of sp³-hybridized carbons (Fsp3) is 0.176. The molecule has 8 heteroatoms. The van der Waals surface area contributed by atoms with Crippen LogP contribution in [0, 0.1) is 5.82 Å². The molecule has 1 N–H and O–H groups in total. The average molecular weight is 445 g/mol. The Kier molecular flexibility index (Phi) is 5.36. The topological polar surface area (TPSA) is 57.6 Å². The lowest BCUT2D eigenvalue weighted by Gasteiger charge is -2.34. The standard InChI is InChI=1S/C17H12BrClFNO3S/c18-10-5-4-9(12(20)6-10)8-21-16-11(19)2-1-3-13(16)25-14(17(21)24)7-15(22)23/h1-6,14H,7-8H2,(H,22,23). The number of nitrogens with zero attached hydrogens (tertiary/aromatic N) is 1. The van der Waals surface area contributed by atoms with Crippen LogP contribution in [0.5, 0.6) is 0 Å². The van der Waals surface area contributed by atoms with Crippen molar-refractivity contribution in [2.75, 3.05) is 4.90 Å². The summed E-state index contributed by atoms with van der Waals surface area (Å²) in [6, 6.07) is 9.75. The predicted molar refractivity (Wildman–Crippen MR) is 98.6 cm³/mol. The number of thioether (sulfide) groups is 1. The van der Waals surface area contributed by atoms with Gasteiger partial charge in [-0.3, -0.25) is 9.59 Å². The van der Waals surface area contributed by atoms with Gasteiger partial charge < -0.3 is 10.0 Å². The minimum atomic E-state index is -1.06. The fourth-order valence-corrected chi connectivity index (χ4v) is 4.52. The van der Waals surface area contributed by atoms with Crippen molar-refractivity contribution in [1.29, 1.82) is 0 Å². The second-order valence-corrected chi connectivity index (χ2v) is 8.02. The third-order valence-corrected chi connectivity index (χ3v) is 5.77. The molecule has 0 fully saturated rings. The molecule has 1 aliphatic heterocycles. The van der Waals surface area contributed by atoms with Crippen LogP contribution in [0.1, 0.15) is 12.0 Å². The molecule has 3 rings (SSSR count). The summed E-state index contributed by atoms with van der Waals surface area (Å²) in [6.07, 6.45) is -0.311. The highest BCUT2D eigenvalue weighted by Crippen LogP contribution is 2.44. The van der Waals surface area contributed by atoms with Gasteiger partial charge in [0.05, 0.1) is 28.9 Å². The SMILES string of the molecule is O=C(O)CC1Sc2cccc(Cl)c2N(Cc2ccc(Br)cc2F)C1=O. The summed E-state index contributed by atoms with van der Waals surface area (Å²) in [7, 11) is 0. The van der Waals surface area contributed by atoms with Gasteiger partial charge in [-0.15, -0.1) is 11.8 Å². The molecule has 0 saturated heterocycles. The molecular formula is C17H12BrClFNO3S. The van der Waals surface area contributed by atoms with E-state index in [1.165, 1.54) is 22.7 Å². The number of amides is 1. The number of rotatable bonds is 4. The van der Waals surface area contributed by atoms with Gasteiger partial charge in [-0.2, -0.15) is 0 Å². The van der Waals surface area contributed by atoms with Gasteiger partial charge in [-0.05, 0) is 24.3 Å². The molecule has 1 aliphatic rings. The van der Waals surface area contributed by atoms with Crippen molar-refractivity contribution < 1.29 is 19.1 Å². The Bertz CT molecular complexity index is 864. The van der Waals surface area contributed by atoms with Gasteiger partial charge in [0.2, 0.25) is 5.91 Å². The summed E-state index contributed by atoms with van der Waals surface area (Å²) in [5.74, 6) is -1.91. The van der Waals surface area contributed by atoms with Crippen molar-refractivity contribution in [1.82, 2.24) is 0 Å². The van der Waals surface area contributed by atoms with E-state index in [1.807, 2.05) is 0 Å². The molecule has 130 valence electrons. The lowest BCUT2D eigenvalue weighted by Crippen LogP contribution is -2.41. The molecule has 4 nitrogen and oxygen atoms in total. The highest BCUT2D eigenvalue weighted by Gasteiger charge is 2.36. The number of carboxylic acid groups (broad SMARTS) is 1. The van der Waals surface area contributed by atoms with E-state index in [4.69, 9.17) is 16.7 Å². The normalized spacial score (nSPS) is 16.7. The van der Waals surface area contributed by atoms with Crippen molar-refractivity contribution in [2.45, 2.75) is 23.1 Å². The lowest BCUT2D eigenvalue weighted by atomic mass is 10.1. The van der Waals surface area contributed by atoms with Gasteiger partial charge in [-0.25, -0.2) is 4.39 Å². The minimum absolute atomic E-state index is 0.0225. The molecule has 0 aliphatic carbocycles. The Balaban J connectivity index is 2.03. The van der Waals surface area contributed by atoms with Crippen molar-refractivity contribution in [3.63, 3.8) is 0 Å². The summed E-state index contributed by atoms with van der Waals surface area (Å²) in [5, 5.41) is 8.65. The summed E-state index contributed by atoms with van der Waals surface area (Å²) in [4.78, 5) is 26.0. The number of hydrogen-bond acceptors (Lipinski definition) is 3. The van der Waals surface area contributed by atoms with Gasteiger partial charge in [-0.1, -0.05) is 39.7 Å². The van der Waals surface area contributed by atoms with Crippen molar-refractivity contribution in [3.8, 4) is 0 Å². The molecule has 0 saturated carbocycles. The van der Waals surface area contributed by atoms with Gasteiger partial charge >= 0.3 is 5.97 Å². The smallest absolute Gasteiger partial charge is 0.305 e. The monoisotopic (exact) mass is 443 g/mol. The fourth-order valence-electron chi connectivity index (χ4n) is 2.61. The first-order valence-corrected chi connectivity index (χ1v) is 9.34. The van der Waals surface area contributed by atoms with E-state index in [-0.39, 0.29) is 13.0 Å². The maximum absolute atomic E-state index is 14.2. The number of carbonyl (C=O) groups is 2. The average Bonchev–Trinajstić information content (AvgIpc) is 2.53. The van der Waals surface area contributed by atoms with E-state index < -0.39 is 22.9 Å². The summed E-state index contributed by atoms with van der Waals surface area (Å²) in [6.45, 7) is -0.0225. The van der Waals surface area contributed by atoms with E-state index in [0.717, 1.165) is 0 Å². The molecule has 0 aromatic heterocycles. The van der Waals surface area contributed by atoms with E-state index in [9.17, 15) is 14.0 Å². The van der Waals surface area contributed by atoms with E-state index >= 15 is 0 Å². The molecule has 25 heavy (non-hydrogen) atoms. The summed E-state index contributed by atoms with van der Waals surface area (Å²) in [5.41, 5.74) is 0.812. The second kappa shape index (κ2) is 7.35. The third-order valence-electron chi connectivity index (χ3n) is 3.73. The maximum atomic E-state index is 14.2. The maximum Gasteiger partial charge on any atom is 0.305 e. The number of fused-ring (bicyclic) bond motifs is 1. The van der Waals surface area contributed by atoms with Gasteiger partial charge in [0, 0.05) is 14.9 Å². The number of para-hydroxylation sites is 1. The highest BCUT2D eigenvalue weighted by atomic mass is 79.9. The molecule has 0 bridgehead atoms. The summed E-state index contributed by atoms with van der Waals surface area (Å²) < 4.78 is 14.8. The molecule has 0 spiro atoms. The Hall–Kier alpha value is -1.57. The number of carboxylic acids is 1. The van der Waals surface area contributed by atoms with Crippen LogP contribution in [0.4, 0.5) is 10.1 Å². The molecular weight excluding hydrogens is 433 g/mol. The van der Waals surface area contributed by atoms with Gasteiger partial charge in [0.15, 0.2) is 0 Å².